The first-order valence-corrected chi connectivity index (χ1v) is 10.6. The lowest BCUT2D eigenvalue weighted by Gasteiger charge is -2.57. The highest BCUT2D eigenvalue weighted by Gasteiger charge is 2.65. The van der Waals surface area contributed by atoms with E-state index in [1.54, 1.807) is 4.90 Å². The van der Waals surface area contributed by atoms with Crippen LogP contribution in [-0.4, -0.2) is 46.1 Å². The Hall–Kier alpha value is -2.47. The first kappa shape index (κ1) is 19.8. The highest BCUT2D eigenvalue weighted by molar-refractivity contribution is 8.45. The van der Waals surface area contributed by atoms with Gasteiger partial charge in [-0.05, 0) is 24.1 Å². The van der Waals surface area contributed by atoms with Crippen LogP contribution in [0.1, 0.15) is 22.3 Å². The van der Waals surface area contributed by atoms with Crippen LogP contribution in [0.25, 0.3) is 0 Å². The molecule has 29 heavy (non-hydrogen) atoms. The number of nitrogens with zero attached hydrogens (tertiary/aromatic N) is 3. The van der Waals surface area contributed by atoms with Gasteiger partial charge in [-0.1, -0.05) is 31.6 Å². The molecule has 158 valence electrons. The Labute approximate surface area is 162 Å². The second-order valence-corrected chi connectivity index (χ2v) is 9.60. The van der Waals surface area contributed by atoms with Gasteiger partial charge < -0.3 is 15.0 Å². The van der Waals surface area contributed by atoms with E-state index in [9.17, 15) is 24.2 Å². The molecule has 6 nitrogen and oxygen atoms in total. The van der Waals surface area contributed by atoms with Gasteiger partial charge in [0, 0.05) is 25.5 Å². The number of benzene rings is 1. The van der Waals surface area contributed by atoms with Crippen molar-refractivity contribution in [3.63, 3.8) is 0 Å². The zero-order valence-corrected chi connectivity index (χ0v) is 15.8. The molecule has 2 fully saturated rings. The van der Waals surface area contributed by atoms with E-state index >= 15 is 0 Å². The van der Waals surface area contributed by atoms with E-state index in [4.69, 9.17) is 4.74 Å². The fraction of sp³-hybridized carbons (Fsp3) is 0.353. The number of aromatic nitrogens is 2. The van der Waals surface area contributed by atoms with E-state index in [2.05, 4.69) is 15.3 Å². The predicted octanol–water partition coefficient (Wildman–Crippen LogP) is 4.36. The summed E-state index contributed by atoms with van der Waals surface area (Å²) in [5, 5.41) is 2.66. The summed E-state index contributed by atoms with van der Waals surface area (Å²) in [6, 6.07) is 2.94. The first-order valence-electron chi connectivity index (χ1n) is 8.65. The molecule has 12 heteroatoms. The summed E-state index contributed by atoms with van der Waals surface area (Å²) in [6.07, 6.45) is 3.51. The molecule has 2 aromatic rings. The van der Waals surface area contributed by atoms with Gasteiger partial charge in [-0.3, -0.25) is 4.79 Å². The van der Waals surface area contributed by atoms with Crippen molar-refractivity contribution in [2.24, 2.45) is 0 Å². The molecule has 1 aromatic heterocycles. The summed E-state index contributed by atoms with van der Waals surface area (Å²) in [6.45, 7) is 1.46. The van der Waals surface area contributed by atoms with Crippen molar-refractivity contribution in [3.8, 4) is 0 Å². The van der Waals surface area contributed by atoms with Crippen LogP contribution in [0.4, 0.5) is 25.4 Å². The number of nitrogens with one attached hydrogen (secondary N) is 1. The molecule has 2 saturated heterocycles. The van der Waals surface area contributed by atoms with Gasteiger partial charge in [0.15, 0.2) is 0 Å². The number of carbonyl (C=O) groups excluding carboxylic acids is 1. The van der Waals surface area contributed by atoms with Crippen molar-refractivity contribution in [2.45, 2.75) is 23.4 Å². The van der Waals surface area contributed by atoms with E-state index in [0.29, 0.717) is 31.9 Å². The van der Waals surface area contributed by atoms with Crippen molar-refractivity contribution in [1.29, 1.82) is 0 Å². The lowest BCUT2D eigenvalue weighted by molar-refractivity contribution is -0.172. The van der Waals surface area contributed by atoms with Crippen LogP contribution in [-0.2, 0) is 11.3 Å². The number of hydrogen-bond donors (Lipinski definition) is 1. The summed E-state index contributed by atoms with van der Waals surface area (Å²) in [4.78, 5) is 20.2. The molecule has 2 aliphatic rings. The third-order valence-corrected chi connectivity index (χ3v) is 6.20. The molecule has 0 aliphatic carbocycles. The maximum absolute atomic E-state index is 12.9. The van der Waals surface area contributed by atoms with Crippen molar-refractivity contribution >= 4 is 22.1 Å². The molecule has 1 N–H and O–H groups in total. The number of anilines is 1. The van der Waals surface area contributed by atoms with E-state index in [1.165, 1.54) is 18.5 Å². The van der Waals surface area contributed by atoms with Crippen LogP contribution in [0.3, 0.4) is 0 Å². The second-order valence-electron chi connectivity index (χ2n) is 7.19. The molecule has 0 saturated carbocycles. The third-order valence-electron chi connectivity index (χ3n) is 5.05. The average molecular weight is 436 g/mol. The Kier molecular flexibility index (Phi) is 3.96. The molecule has 4 rings (SSSR count). The number of ether oxygens (including phenoxy) is 1. The minimum atomic E-state index is -9.73. The van der Waals surface area contributed by atoms with Crippen LogP contribution in [0.15, 0.2) is 41.6 Å². The van der Waals surface area contributed by atoms with Crippen LogP contribution in [0.5, 0.6) is 0 Å². The third kappa shape index (κ3) is 3.86. The molecule has 2 aliphatic heterocycles. The highest BCUT2D eigenvalue weighted by atomic mass is 32.5. The summed E-state index contributed by atoms with van der Waals surface area (Å²) in [5.74, 6) is -0.153. The molecule has 0 atom stereocenters. The SMILES string of the molecule is O=C(c1cnc(NCc2cccc(S(F)(F)(F)(F)F)c2)nc1)N1CCC12COC2. The standard InChI is InChI=1S/C17H17F5N4O2S/c18-29(19,20,21,22)14-3-1-2-12(6-14)7-23-16-24-8-13(9-25-16)15(27)26-5-4-17(26)10-28-11-17/h1-3,6,8-9H,4-5,7,10-11H2,(H,23,24,25). The summed E-state index contributed by atoms with van der Waals surface area (Å²) < 4.78 is 69.7. The maximum atomic E-state index is 12.9. The summed E-state index contributed by atoms with van der Waals surface area (Å²) in [5.41, 5.74) is 0.0541. The van der Waals surface area contributed by atoms with Crippen molar-refractivity contribution in [3.05, 3.63) is 47.8 Å². The molecule has 1 aromatic carbocycles. The number of rotatable bonds is 5. The van der Waals surface area contributed by atoms with Crippen LogP contribution < -0.4 is 5.32 Å². The van der Waals surface area contributed by atoms with E-state index in [-0.39, 0.29) is 35.1 Å². The van der Waals surface area contributed by atoms with Gasteiger partial charge in [-0.2, -0.15) is 0 Å². The summed E-state index contributed by atoms with van der Waals surface area (Å²) in [7, 11) is -9.73. The first-order chi connectivity index (χ1) is 13.4. The topological polar surface area (TPSA) is 67.4 Å². The van der Waals surface area contributed by atoms with Crippen molar-refractivity contribution in [2.75, 3.05) is 25.1 Å². The molecule has 1 amide bonds. The van der Waals surface area contributed by atoms with Gasteiger partial charge in [0.2, 0.25) is 5.95 Å². The van der Waals surface area contributed by atoms with Gasteiger partial charge in [0.1, 0.15) is 4.90 Å². The molecule has 0 unspecified atom stereocenters. The Bertz CT molecular complexity index is 959. The highest BCUT2D eigenvalue weighted by Crippen LogP contribution is 3.02. The normalized spacial score (nSPS) is 20.2. The van der Waals surface area contributed by atoms with Crippen LogP contribution in [0.2, 0.25) is 0 Å². The number of hydrogen-bond acceptors (Lipinski definition) is 5. The zero-order chi connectivity index (χ0) is 21.0. The Balaban J connectivity index is 1.41. The minimum Gasteiger partial charge on any atom is -0.376 e. The molecule has 0 bridgehead atoms. The number of amides is 1. The smallest absolute Gasteiger partial charge is 0.310 e. The van der Waals surface area contributed by atoms with Crippen molar-refractivity contribution in [1.82, 2.24) is 14.9 Å². The number of likely N-dealkylation sites (tertiary alicyclic amines) is 1. The zero-order valence-electron chi connectivity index (χ0n) is 15.0. The van der Waals surface area contributed by atoms with Crippen LogP contribution >= 0.6 is 10.2 Å². The predicted molar refractivity (Wildman–Crippen MR) is 96.4 cm³/mol. The van der Waals surface area contributed by atoms with Crippen LogP contribution in [0, 0.1) is 0 Å². The van der Waals surface area contributed by atoms with E-state index in [0.717, 1.165) is 12.5 Å². The summed E-state index contributed by atoms with van der Waals surface area (Å²) >= 11 is 0. The van der Waals surface area contributed by atoms with E-state index < -0.39 is 15.1 Å². The quantitative estimate of drug-likeness (QED) is 0.706. The Morgan fingerprint density at radius 3 is 2.38 bits per heavy atom. The lowest BCUT2D eigenvalue weighted by Crippen LogP contribution is -2.72. The molecular formula is C17H17F5N4O2S. The van der Waals surface area contributed by atoms with Gasteiger partial charge in [0.25, 0.3) is 5.91 Å². The van der Waals surface area contributed by atoms with Gasteiger partial charge in [-0.15, -0.1) is 0 Å². The average Bonchev–Trinajstić information content (AvgIpc) is 2.56. The van der Waals surface area contributed by atoms with Gasteiger partial charge >= 0.3 is 10.2 Å². The largest absolute Gasteiger partial charge is 0.376 e. The number of carbonyl (C=O) groups is 1. The molecule has 0 radical (unpaired) electrons. The lowest BCUT2D eigenvalue weighted by atomic mass is 9.82. The Morgan fingerprint density at radius 2 is 1.86 bits per heavy atom. The minimum absolute atomic E-state index is 0.00740. The number of halogens is 5. The molecule has 3 heterocycles. The Morgan fingerprint density at radius 1 is 1.17 bits per heavy atom. The van der Waals surface area contributed by atoms with Gasteiger partial charge in [0.05, 0.1) is 24.3 Å². The fourth-order valence-corrected chi connectivity index (χ4v) is 3.97. The maximum Gasteiger partial charge on any atom is 0.310 e. The fourth-order valence-electron chi connectivity index (χ4n) is 3.26. The van der Waals surface area contributed by atoms with Crippen molar-refractivity contribution < 1.29 is 29.0 Å². The molecule has 1 spiro atoms. The molecular weight excluding hydrogens is 419 g/mol. The second kappa shape index (κ2) is 5.79. The van der Waals surface area contributed by atoms with Gasteiger partial charge in [-0.25, -0.2) is 9.97 Å². The van der Waals surface area contributed by atoms with E-state index in [1.807, 2.05) is 0 Å². The monoisotopic (exact) mass is 436 g/mol.